The molecular formula is C10H16OSi. The molecule has 0 aliphatic rings. The van der Waals surface area contributed by atoms with Gasteiger partial charge in [-0.15, -0.1) is 0 Å². The third-order valence-corrected chi connectivity index (χ3v) is 2.34. The molecular weight excluding hydrogens is 164 g/mol. The van der Waals surface area contributed by atoms with Crippen molar-refractivity contribution in [3.8, 4) is 5.75 Å². The molecule has 1 aromatic carbocycles. The van der Waals surface area contributed by atoms with Crippen molar-refractivity contribution >= 4 is 15.4 Å². The van der Waals surface area contributed by atoms with Crippen molar-refractivity contribution < 1.29 is 4.74 Å². The molecule has 1 rings (SSSR count). The van der Waals surface area contributed by atoms with Gasteiger partial charge in [0.05, 0.1) is 0 Å². The molecule has 1 nitrogen and oxygen atoms in total. The molecule has 0 aliphatic carbocycles. The number of benzene rings is 1. The van der Waals surface area contributed by atoms with Crippen LogP contribution in [0.15, 0.2) is 24.3 Å². The Bertz CT molecular complexity index is 263. The molecule has 66 valence electrons. The maximum atomic E-state index is 5.77. The SMILES string of the molecule is CC(C)(C)Oc1ccccc1[SiH3]. The summed E-state index contributed by atoms with van der Waals surface area (Å²) in [6.45, 7) is 6.21. The summed E-state index contributed by atoms with van der Waals surface area (Å²) in [7, 11) is 1.04. The van der Waals surface area contributed by atoms with Gasteiger partial charge in [0.1, 0.15) is 11.4 Å². The Labute approximate surface area is 77.2 Å². The Hall–Kier alpha value is -0.763. The average molecular weight is 180 g/mol. The Morgan fingerprint density at radius 1 is 1.17 bits per heavy atom. The van der Waals surface area contributed by atoms with Crippen LogP contribution in [0.5, 0.6) is 5.75 Å². The predicted molar refractivity (Wildman–Crippen MR) is 56.4 cm³/mol. The lowest BCUT2D eigenvalue weighted by atomic mass is 10.2. The molecule has 12 heavy (non-hydrogen) atoms. The van der Waals surface area contributed by atoms with E-state index in [0.29, 0.717) is 0 Å². The number of para-hydroxylation sites is 1. The van der Waals surface area contributed by atoms with Gasteiger partial charge in [0.2, 0.25) is 0 Å². The van der Waals surface area contributed by atoms with Crippen LogP contribution < -0.4 is 9.92 Å². The van der Waals surface area contributed by atoms with Crippen LogP contribution in [0.3, 0.4) is 0 Å². The van der Waals surface area contributed by atoms with Gasteiger partial charge in [0.25, 0.3) is 0 Å². The van der Waals surface area contributed by atoms with Gasteiger partial charge >= 0.3 is 0 Å². The van der Waals surface area contributed by atoms with Gasteiger partial charge in [-0.25, -0.2) is 0 Å². The summed E-state index contributed by atoms with van der Waals surface area (Å²) >= 11 is 0. The summed E-state index contributed by atoms with van der Waals surface area (Å²) in [6.07, 6.45) is 0. The van der Waals surface area contributed by atoms with E-state index in [2.05, 4.69) is 32.9 Å². The van der Waals surface area contributed by atoms with Crippen molar-refractivity contribution in [2.45, 2.75) is 26.4 Å². The third kappa shape index (κ3) is 2.70. The maximum Gasteiger partial charge on any atom is 0.118 e. The number of hydrogen-bond donors (Lipinski definition) is 0. The van der Waals surface area contributed by atoms with E-state index in [1.54, 1.807) is 0 Å². The largest absolute Gasteiger partial charge is 0.488 e. The van der Waals surface area contributed by atoms with Crippen molar-refractivity contribution in [1.82, 2.24) is 0 Å². The van der Waals surface area contributed by atoms with Crippen LogP contribution in [0.1, 0.15) is 20.8 Å². The minimum absolute atomic E-state index is 0.0828. The van der Waals surface area contributed by atoms with Crippen molar-refractivity contribution in [1.29, 1.82) is 0 Å². The summed E-state index contributed by atoms with van der Waals surface area (Å²) in [5.41, 5.74) is -0.0828. The smallest absolute Gasteiger partial charge is 0.118 e. The molecule has 0 N–H and O–H groups in total. The predicted octanol–water partition coefficient (Wildman–Crippen LogP) is 0.855. The van der Waals surface area contributed by atoms with E-state index in [0.717, 1.165) is 16.0 Å². The molecule has 0 aliphatic heterocycles. The quantitative estimate of drug-likeness (QED) is 0.582. The van der Waals surface area contributed by atoms with Gasteiger partial charge in [-0.05, 0) is 32.0 Å². The zero-order valence-corrected chi connectivity index (χ0v) is 10.2. The summed E-state index contributed by atoms with van der Waals surface area (Å²) in [4.78, 5) is 0. The number of hydrogen-bond acceptors (Lipinski definition) is 1. The van der Waals surface area contributed by atoms with E-state index in [1.165, 1.54) is 5.19 Å². The highest BCUT2D eigenvalue weighted by atomic mass is 28.1. The molecule has 0 atom stereocenters. The second-order valence-corrected chi connectivity index (χ2v) is 5.06. The van der Waals surface area contributed by atoms with Crippen molar-refractivity contribution in [2.24, 2.45) is 0 Å². The molecule has 0 fully saturated rings. The van der Waals surface area contributed by atoms with Gasteiger partial charge in [0, 0.05) is 10.2 Å². The van der Waals surface area contributed by atoms with Crippen LogP contribution in [-0.4, -0.2) is 15.8 Å². The first-order valence-electron chi connectivity index (χ1n) is 4.24. The molecule has 2 heteroatoms. The fourth-order valence-electron chi connectivity index (χ4n) is 1.00. The van der Waals surface area contributed by atoms with E-state index >= 15 is 0 Å². The lowest BCUT2D eigenvalue weighted by Gasteiger charge is -2.22. The first-order valence-corrected chi connectivity index (χ1v) is 5.24. The number of rotatable bonds is 1. The Balaban J connectivity index is 2.83. The third-order valence-electron chi connectivity index (χ3n) is 1.51. The molecule has 0 unspecified atom stereocenters. The van der Waals surface area contributed by atoms with Gasteiger partial charge in [-0.2, -0.15) is 0 Å². The Morgan fingerprint density at radius 2 is 1.75 bits per heavy atom. The summed E-state index contributed by atoms with van der Waals surface area (Å²) in [5.74, 6) is 1.04. The molecule has 0 bridgehead atoms. The number of ether oxygens (including phenoxy) is 1. The molecule has 0 spiro atoms. The Kier molecular flexibility index (Phi) is 2.57. The van der Waals surface area contributed by atoms with Gasteiger partial charge in [-0.1, -0.05) is 18.2 Å². The lowest BCUT2D eigenvalue weighted by molar-refractivity contribution is 0.132. The molecule has 0 amide bonds. The van der Waals surface area contributed by atoms with E-state index in [9.17, 15) is 0 Å². The highest BCUT2D eigenvalue weighted by Gasteiger charge is 2.12. The zero-order valence-electron chi connectivity index (χ0n) is 8.22. The fourth-order valence-corrected chi connectivity index (χ4v) is 1.46. The molecule has 0 saturated carbocycles. The standard InChI is InChI=1S/C10H16OSi/c1-10(2,3)11-8-6-4-5-7-9(8)12/h4-7H,1-3,12H3. The van der Waals surface area contributed by atoms with Crippen LogP contribution in [0.4, 0.5) is 0 Å². The van der Waals surface area contributed by atoms with E-state index in [4.69, 9.17) is 4.74 Å². The maximum absolute atomic E-state index is 5.77. The van der Waals surface area contributed by atoms with Gasteiger partial charge in [0.15, 0.2) is 0 Å². The second-order valence-electron chi connectivity index (χ2n) is 3.98. The molecule has 0 saturated heterocycles. The molecule has 1 aromatic rings. The van der Waals surface area contributed by atoms with Crippen LogP contribution >= 0.6 is 0 Å². The molecule has 0 aromatic heterocycles. The first kappa shape index (κ1) is 9.33. The molecule has 0 heterocycles. The van der Waals surface area contributed by atoms with Gasteiger partial charge < -0.3 is 4.74 Å². The first-order chi connectivity index (χ1) is 5.49. The van der Waals surface area contributed by atoms with Gasteiger partial charge in [-0.3, -0.25) is 0 Å². The lowest BCUT2D eigenvalue weighted by Crippen LogP contribution is -2.26. The summed E-state index contributed by atoms with van der Waals surface area (Å²) < 4.78 is 5.77. The van der Waals surface area contributed by atoms with Crippen molar-refractivity contribution in [3.05, 3.63) is 24.3 Å². The highest BCUT2D eigenvalue weighted by molar-refractivity contribution is 6.34. The zero-order chi connectivity index (χ0) is 9.19. The van der Waals surface area contributed by atoms with E-state index in [1.807, 2.05) is 12.1 Å². The topological polar surface area (TPSA) is 9.23 Å². The summed E-state index contributed by atoms with van der Waals surface area (Å²) in [6, 6.07) is 8.22. The fraction of sp³-hybridized carbons (Fsp3) is 0.400. The van der Waals surface area contributed by atoms with E-state index in [-0.39, 0.29) is 5.60 Å². The minimum Gasteiger partial charge on any atom is -0.488 e. The van der Waals surface area contributed by atoms with Crippen LogP contribution in [0, 0.1) is 0 Å². The van der Waals surface area contributed by atoms with Crippen LogP contribution in [0.2, 0.25) is 0 Å². The normalized spacial score (nSPS) is 11.6. The summed E-state index contributed by atoms with van der Waals surface area (Å²) in [5, 5.41) is 1.33. The van der Waals surface area contributed by atoms with Crippen LogP contribution in [-0.2, 0) is 0 Å². The van der Waals surface area contributed by atoms with Crippen molar-refractivity contribution in [2.75, 3.05) is 0 Å². The average Bonchev–Trinajstić information content (AvgIpc) is 1.91. The molecule has 0 radical (unpaired) electrons. The van der Waals surface area contributed by atoms with Crippen LogP contribution in [0.25, 0.3) is 0 Å². The Morgan fingerprint density at radius 3 is 2.25 bits per heavy atom. The van der Waals surface area contributed by atoms with Crippen molar-refractivity contribution in [3.63, 3.8) is 0 Å². The van der Waals surface area contributed by atoms with E-state index < -0.39 is 0 Å². The second kappa shape index (κ2) is 3.31. The minimum atomic E-state index is -0.0828. The highest BCUT2D eigenvalue weighted by Crippen LogP contribution is 2.14. The monoisotopic (exact) mass is 180 g/mol.